The lowest BCUT2D eigenvalue weighted by molar-refractivity contribution is -0.121. The van der Waals surface area contributed by atoms with E-state index >= 15 is 0 Å². The second-order valence-electron chi connectivity index (χ2n) is 5.61. The molecule has 6 nitrogen and oxygen atoms in total. The van der Waals surface area contributed by atoms with E-state index in [9.17, 15) is 9.70 Å². The van der Waals surface area contributed by atoms with Crippen LogP contribution < -0.4 is 15.5 Å². The van der Waals surface area contributed by atoms with Gasteiger partial charge in [0, 0.05) is 11.8 Å². The summed E-state index contributed by atoms with van der Waals surface area (Å²) in [6.07, 6.45) is 4.34. The number of methoxy groups -OCH3 is 1. The van der Waals surface area contributed by atoms with Gasteiger partial charge in [-0.15, -0.1) is 4.91 Å². The topological polar surface area (TPSA) is 80.7 Å². The van der Waals surface area contributed by atoms with Crippen LogP contribution in [0.3, 0.4) is 0 Å². The molecule has 128 valence electrons. The maximum absolute atomic E-state index is 12.7. The number of ether oxygens (including phenoxy) is 1. The number of unbranched alkanes of at least 4 members (excludes halogenated alkanes) is 2. The van der Waals surface area contributed by atoms with Gasteiger partial charge >= 0.3 is 0 Å². The van der Waals surface area contributed by atoms with Crippen LogP contribution in [0.15, 0.2) is 17.3 Å². The van der Waals surface area contributed by atoms with Crippen LogP contribution >= 0.6 is 9.24 Å². The van der Waals surface area contributed by atoms with Gasteiger partial charge in [0.15, 0.2) is 5.54 Å². The molecule has 0 aliphatic rings. The van der Waals surface area contributed by atoms with Crippen molar-refractivity contribution in [1.82, 2.24) is 4.98 Å². The number of pyridine rings is 1. The zero-order chi connectivity index (χ0) is 17.3. The Hall–Kier alpha value is -1.55. The number of hydrogen-bond donors (Lipinski definition) is 1. The van der Waals surface area contributed by atoms with E-state index in [1.165, 1.54) is 7.11 Å². The molecule has 0 saturated carbocycles. The fourth-order valence-electron chi connectivity index (χ4n) is 2.37. The van der Waals surface area contributed by atoms with E-state index in [0.29, 0.717) is 29.8 Å². The Morgan fingerprint density at radius 2 is 1.91 bits per heavy atom. The minimum absolute atomic E-state index is 0.355. The molecule has 1 rings (SSSR count). The molecule has 0 fully saturated rings. The van der Waals surface area contributed by atoms with Crippen LogP contribution in [-0.2, 0) is 4.79 Å². The highest BCUT2D eigenvalue weighted by Gasteiger charge is 2.39. The lowest BCUT2D eigenvalue weighted by Crippen LogP contribution is -2.41. The van der Waals surface area contributed by atoms with Crippen molar-refractivity contribution in [3.05, 3.63) is 17.0 Å². The van der Waals surface area contributed by atoms with E-state index in [4.69, 9.17) is 4.74 Å². The Labute approximate surface area is 140 Å². The molecule has 1 atom stereocenters. The number of nitrogens with one attached hydrogen (secondary N) is 1. The van der Waals surface area contributed by atoms with Crippen molar-refractivity contribution >= 4 is 26.3 Å². The summed E-state index contributed by atoms with van der Waals surface area (Å²) in [5.74, 6) is 0.0478. The van der Waals surface area contributed by atoms with Gasteiger partial charge < -0.3 is 10.1 Å². The molecule has 1 aromatic heterocycles. The summed E-state index contributed by atoms with van der Waals surface area (Å²) in [5.41, 5.74) is -0.0110. The molecule has 1 N–H and O–H groups in total. The van der Waals surface area contributed by atoms with Gasteiger partial charge in [0.25, 0.3) is 5.91 Å². The highest BCUT2D eigenvalue weighted by atomic mass is 31.0. The van der Waals surface area contributed by atoms with E-state index in [0.717, 1.165) is 25.7 Å². The summed E-state index contributed by atoms with van der Waals surface area (Å²) in [6, 6.07) is 3.33. The van der Waals surface area contributed by atoms with E-state index in [-0.39, 0.29) is 5.91 Å². The van der Waals surface area contributed by atoms with Crippen molar-refractivity contribution < 1.29 is 9.53 Å². The maximum atomic E-state index is 12.7. The van der Waals surface area contributed by atoms with E-state index in [1.807, 2.05) is 13.8 Å². The first-order chi connectivity index (χ1) is 11.0. The lowest BCUT2D eigenvalue weighted by Gasteiger charge is -2.25. The molecule has 0 aliphatic carbocycles. The number of aromatic nitrogens is 1. The van der Waals surface area contributed by atoms with Crippen molar-refractivity contribution in [2.75, 3.05) is 12.4 Å². The van der Waals surface area contributed by atoms with Crippen LogP contribution in [0.5, 0.6) is 5.88 Å². The summed E-state index contributed by atoms with van der Waals surface area (Å²) in [6.45, 7) is 4.06. The molecule has 0 bridgehead atoms. The molecule has 1 amide bonds. The molecule has 0 aliphatic heterocycles. The number of anilines is 1. The SMILES string of the molecule is CCCCC(CCCC)(N=O)C(=O)Nc1cc(P)nc(OC)c1. The van der Waals surface area contributed by atoms with Gasteiger partial charge in [-0.1, -0.05) is 53.9 Å². The normalized spacial score (nSPS) is 11.1. The predicted molar refractivity (Wildman–Crippen MR) is 96.3 cm³/mol. The average molecular weight is 339 g/mol. The van der Waals surface area contributed by atoms with Gasteiger partial charge in [-0.3, -0.25) is 4.79 Å². The van der Waals surface area contributed by atoms with Gasteiger partial charge in [0.1, 0.15) is 0 Å². The quantitative estimate of drug-likeness (QED) is 0.523. The van der Waals surface area contributed by atoms with Crippen molar-refractivity contribution in [2.45, 2.75) is 57.9 Å². The summed E-state index contributed by atoms with van der Waals surface area (Å²) in [4.78, 5) is 28.4. The number of hydrogen-bond acceptors (Lipinski definition) is 5. The molecule has 0 radical (unpaired) electrons. The van der Waals surface area contributed by atoms with Gasteiger partial charge in [0.2, 0.25) is 5.88 Å². The van der Waals surface area contributed by atoms with Crippen LogP contribution in [0.2, 0.25) is 0 Å². The number of carbonyl (C=O) groups is 1. The summed E-state index contributed by atoms with van der Waals surface area (Å²) < 4.78 is 5.10. The summed E-state index contributed by atoms with van der Waals surface area (Å²) >= 11 is 0. The van der Waals surface area contributed by atoms with Crippen molar-refractivity contribution in [1.29, 1.82) is 0 Å². The standard InChI is InChI=1S/C16H26N3O3P/c1-4-6-8-16(19-21,9-7-5-2)15(20)17-12-10-13(22-3)18-14(23)11-12/h10-11H,4-9,23H2,1-3H3,(H,17,18,20). The number of nitrogens with zero attached hydrogens (tertiary/aromatic N) is 2. The van der Waals surface area contributed by atoms with Crippen molar-refractivity contribution in [3.8, 4) is 5.88 Å². The van der Waals surface area contributed by atoms with Gasteiger partial charge in [-0.2, -0.15) is 0 Å². The smallest absolute Gasteiger partial charge is 0.255 e. The largest absolute Gasteiger partial charge is 0.481 e. The third kappa shape index (κ3) is 5.54. The molecule has 0 aromatic carbocycles. The third-order valence-electron chi connectivity index (χ3n) is 3.77. The van der Waals surface area contributed by atoms with Gasteiger partial charge in [-0.05, 0) is 18.9 Å². The highest BCUT2D eigenvalue weighted by molar-refractivity contribution is 7.26. The third-order valence-corrected chi connectivity index (χ3v) is 4.07. The Balaban J connectivity index is 2.99. The van der Waals surface area contributed by atoms with Crippen LogP contribution in [0.4, 0.5) is 5.69 Å². The maximum Gasteiger partial charge on any atom is 0.255 e. The number of amides is 1. The van der Waals surface area contributed by atoms with Gasteiger partial charge in [-0.25, -0.2) is 4.98 Å². The Bertz CT molecular complexity index is 529. The van der Waals surface area contributed by atoms with Crippen molar-refractivity contribution in [3.63, 3.8) is 0 Å². The molecule has 0 saturated heterocycles. The molecule has 1 heterocycles. The van der Waals surface area contributed by atoms with Crippen LogP contribution in [0.25, 0.3) is 0 Å². The average Bonchev–Trinajstić information content (AvgIpc) is 2.54. The summed E-state index contributed by atoms with van der Waals surface area (Å²) in [5, 5.41) is 6.04. The Kier molecular flexibility index (Phi) is 8.10. The lowest BCUT2D eigenvalue weighted by atomic mass is 9.87. The molecular weight excluding hydrogens is 313 g/mol. The van der Waals surface area contributed by atoms with E-state index in [1.54, 1.807) is 12.1 Å². The van der Waals surface area contributed by atoms with Crippen molar-refractivity contribution in [2.24, 2.45) is 5.18 Å². The fourth-order valence-corrected chi connectivity index (χ4v) is 2.68. The second-order valence-corrected chi connectivity index (χ2v) is 6.20. The summed E-state index contributed by atoms with van der Waals surface area (Å²) in [7, 11) is 3.97. The first kappa shape index (κ1) is 19.5. The molecule has 0 spiro atoms. The number of carbonyl (C=O) groups excluding carboxylic acids is 1. The minimum atomic E-state index is -1.20. The van der Waals surface area contributed by atoms with E-state index in [2.05, 4.69) is 24.7 Å². The highest BCUT2D eigenvalue weighted by Crippen LogP contribution is 2.28. The Morgan fingerprint density at radius 1 is 1.30 bits per heavy atom. The van der Waals surface area contributed by atoms with Crippen LogP contribution in [0, 0.1) is 4.91 Å². The molecule has 1 unspecified atom stereocenters. The number of nitroso groups, excluding NO2 is 1. The first-order valence-corrected chi connectivity index (χ1v) is 8.56. The van der Waals surface area contributed by atoms with Crippen LogP contribution in [-0.4, -0.2) is 23.5 Å². The molecule has 1 aromatic rings. The fraction of sp³-hybridized carbons (Fsp3) is 0.625. The number of rotatable bonds is 10. The zero-order valence-corrected chi connectivity index (χ0v) is 15.2. The zero-order valence-electron chi connectivity index (χ0n) is 14.1. The predicted octanol–water partition coefficient (Wildman–Crippen LogP) is 3.41. The molecule has 23 heavy (non-hydrogen) atoms. The second kappa shape index (κ2) is 9.56. The Morgan fingerprint density at radius 3 is 2.39 bits per heavy atom. The van der Waals surface area contributed by atoms with E-state index < -0.39 is 5.54 Å². The van der Waals surface area contributed by atoms with Crippen LogP contribution in [0.1, 0.15) is 52.4 Å². The molecular formula is C16H26N3O3P. The van der Waals surface area contributed by atoms with Gasteiger partial charge in [0.05, 0.1) is 12.5 Å². The first-order valence-electron chi connectivity index (χ1n) is 7.98. The minimum Gasteiger partial charge on any atom is -0.481 e. The molecule has 7 heteroatoms. The monoisotopic (exact) mass is 339 g/mol.